The molecule has 1 rings (SSSR count). The van der Waals surface area contributed by atoms with Gasteiger partial charge < -0.3 is 10.6 Å². The predicted octanol–water partition coefficient (Wildman–Crippen LogP) is 0.982. The summed E-state index contributed by atoms with van der Waals surface area (Å²) in [5.41, 5.74) is 5.43. The second kappa shape index (κ2) is 4.61. The first-order valence-corrected chi connectivity index (χ1v) is 5.21. The fourth-order valence-electron chi connectivity index (χ4n) is 1.64. The highest BCUT2D eigenvalue weighted by Crippen LogP contribution is 2.28. The Morgan fingerprint density at radius 2 is 2.23 bits per heavy atom. The van der Waals surface area contributed by atoms with E-state index in [1.807, 2.05) is 18.7 Å². The molecule has 1 amide bonds. The van der Waals surface area contributed by atoms with Crippen LogP contribution in [0.5, 0.6) is 0 Å². The number of nitrogens with two attached hydrogens (primary N) is 1. The smallest absolute Gasteiger partial charge is 0.225 e. The van der Waals surface area contributed by atoms with Crippen LogP contribution in [0.15, 0.2) is 0 Å². The molecule has 0 spiro atoms. The lowest BCUT2D eigenvalue weighted by Gasteiger charge is -2.23. The number of carbonyl (C=O) groups is 1. The quantitative estimate of drug-likeness (QED) is 0.692. The molecule has 3 heteroatoms. The summed E-state index contributed by atoms with van der Waals surface area (Å²) < 4.78 is 0. The number of hydrogen-bond donors (Lipinski definition) is 1. The van der Waals surface area contributed by atoms with E-state index in [0.29, 0.717) is 12.6 Å². The first-order valence-electron chi connectivity index (χ1n) is 5.21. The van der Waals surface area contributed by atoms with E-state index >= 15 is 0 Å². The fourth-order valence-corrected chi connectivity index (χ4v) is 1.64. The zero-order valence-electron chi connectivity index (χ0n) is 8.62. The highest BCUT2D eigenvalue weighted by molar-refractivity contribution is 5.79. The third kappa shape index (κ3) is 2.69. The van der Waals surface area contributed by atoms with Gasteiger partial charge in [0.15, 0.2) is 0 Å². The van der Waals surface area contributed by atoms with Crippen molar-refractivity contribution in [3.63, 3.8) is 0 Å². The highest BCUT2D eigenvalue weighted by Gasteiger charge is 2.32. The average Bonchev–Trinajstić information content (AvgIpc) is 2.90. The van der Waals surface area contributed by atoms with Crippen LogP contribution in [-0.4, -0.2) is 29.9 Å². The van der Waals surface area contributed by atoms with Crippen molar-refractivity contribution in [3.05, 3.63) is 0 Å². The highest BCUT2D eigenvalue weighted by atomic mass is 16.2. The molecule has 3 nitrogen and oxygen atoms in total. The molecule has 1 aliphatic carbocycles. The lowest BCUT2D eigenvalue weighted by molar-refractivity contribution is -0.135. The van der Waals surface area contributed by atoms with E-state index < -0.39 is 0 Å². The second-order valence-electron chi connectivity index (χ2n) is 3.83. The summed E-state index contributed by atoms with van der Waals surface area (Å²) in [7, 11) is 0. The molecule has 2 N–H and O–H groups in total. The number of carbonyl (C=O) groups excluding carboxylic acids is 1. The van der Waals surface area contributed by atoms with E-state index in [2.05, 4.69) is 0 Å². The van der Waals surface area contributed by atoms with Crippen LogP contribution < -0.4 is 5.73 Å². The molecule has 76 valence electrons. The summed E-state index contributed by atoms with van der Waals surface area (Å²) >= 11 is 0. The van der Waals surface area contributed by atoms with Gasteiger partial charge >= 0.3 is 0 Å². The molecule has 1 atom stereocenters. The molecule has 0 aliphatic heterocycles. The van der Waals surface area contributed by atoms with Crippen LogP contribution in [0.25, 0.3) is 0 Å². The van der Waals surface area contributed by atoms with E-state index in [9.17, 15) is 4.79 Å². The summed E-state index contributed by atoms with van der Waals surface area (Å²) in [4.78, 5) is 13.8. The maximum atomic E-state index is 11.8. The van der Waals surface area contributed by atoms with Crippen molar-refractivity contribution in [2.45, 2.75) is 39.2 Å². The van der Waals surface area contributed by atoms with Crippen LogP contribution in [0, 0.1) is 5.92 Å². The molecule has 0 aromatic heterocycles. The number of nitrogens with zero attached hydrogens (tertiary/aromatic N) is 1. The molecule has 1 fully saturated rings. The van der Waals surface area contributed by atoms with Gasteiger partial charge in [-0.1, -0.05) is 6.92 Å². The Balaban J connectivity index is 2.42. The van der Waals surface area contributed by atoms with Crippen LogP contribution in [0.3, 0.4) is 0 Å². The number of hydrogen-bond acceptors (Lipinski definition) is 2. The molecule has 0 aromatic rings. The van der Waals surface area contributed by atoms with Gasteiger partial charge in [-0.3, -0.25) is 4.79 Å². The Morgan fingerprint density at radius 1 is 1.62 bits per heavy atom. The molecular weight excluding hydrogens is 164 g/mol. The topological polar surface area (TPSA) is 46.3 Å². The SMILES string of the molecule is CCN(C(=O)C(C)CCN)C1CC1. The summed E-state index contributed by atoms with van der Waals surface area (Å²) in [5, 5.41) is 0. The van der Waals surface area contributed by atoms with Gasteiger partial charge in [-0.25, -0.2) is 0 Å². The first kappa shape index (κ1) is 10.5. The third-order valence-electron chi connectivity index (χ3n) is 2.63. The third-order valence-corrected chi connectivity index (χ3v) is 2.63. The van der Waals surface area contributed by atoms with E-state index in [4.69, 9.17) is 5.73 Å². The molecule has 0 saturated heterocycles. The Hall–Kier alpha value is -0.570. The Bertz CT molecular complexity index is 178. The monoisotopic (exact) mass is 184 g/mol. The standard InChI is InChI=1S/C10H20N2O/c1-3-12(9-4-5-9)10(13)8(2)6-7-11/h8-9H,3-7,11H2,1-2H3. The summed E-state index contributed by atoms with van der Waals surface area (Å²) in [6.45, 7) is 5.47. The largest absolute Gasteiger partial charge is 0.340 e. The molecule has 0 heterocycles. The fraction of sp³-hybridized carbons (Fsp3) is 0.900. The van der Waals surface area contributed by atoms with Crippen LogP contribution in [0.1, 0.15) is 33.1 Å². The molecular formula is C10H20N2O. The predicted molar refractivity (Wildman–Crippen MR) is 53.2 cm³/mol. The minimum Gasteiger partial charge on any atom is -0.340 e. The average molecular weight is 184 g/mol. The first-order chi connectivity index (χ1) is 6.20. The van der Waals surface area contributed by atoms with Gasteiger partial charge in [0.2, 0.25) is 5.91 Å². The van der Waals surface area contributed by atoms with Crippen LogP contribution in [0.4, 0.5) is 0 Å². The van der Waals surface area contributed by atoms with Crippen molar-refractivity contribution < 1.29 is 4.79 Å². The van der Waals surface area contributed by atoms with Crippen molar-refractivity contribution in [2.24, 2.45) is 11.7 Å². The maximum absolute atomic E-state index is 11.8. The van der Waals surface area contributed by atoms with Crippen LogP contribution in [0.2, 0.25) is 0 Å². The molecule has 0 bridgehead atoms. The molecule has 1 unspecified atom stereocenters. The lowest BCUT2D eigenvalue weighted by atomic mass is 10.1. The summed E-state index contributed by atoms with van der Waals surface area (Å²) in [6, 6.07) is 0.540. The Labute approximate surface area is 80.3 Å². The van der Waals surface area contributed by atoms with Gasteiger partial charge in [-0.2, -0.15) is 0 Å². The molecule has 0 radical (unpaired) electrons. The van der Waals surface area contributed by atoms with E-state index in [-0.39, 0.29) is 11.8 Å². The minimum atomic E-state index is 0.102. The second-order valence-corrected chi connectivity index (χ2v) is 3.83. The van der Waals surface area contributed by atoms with Crippen molar-refractivity contribution in [1.82, 2.24) is 4.90 Å². The van der Waals surface area contributed by atoms with E-state index in [1.54, 1.807) is 0 Å². The number of amides is 1. The van der Waals surface area contributed by atoms with Gasteiger partial charge in [0, 0.05) is 18.5 Å². The van der Waals surface area contributed by atoms with Crippen LogP contribution >= 0.6 is 0 Å². The molecule has 1 saturated carbocycles. The normalized spacial score (nSPS) is 18.4. The van der Waals surface area contributed by atoms with Gasteiger partial charge in [0.25, 0.3) is 0 Å². The van der Waals surface area contributed by atoms with Gasteiger partial charge in [-0.05, 0) is 32.7 Å². The van der Waals surface area contributed by atoms with Crippen molar-refractivity contribution in [2.75, 3.05) is 13.1 Å². The lowest BCUT2D eigenvalue weighted by Crippen LogP contribution is -2.37. The molecule has 13 heavy (non-hydrogen) atoms. The summed E-state index contributed by atoms with van der Waals surface area (Å²) in [6.07, 6.45) is 3.19. The molecule has 1 aliphatic rings. The summed E-state index contributed by atoms with van der Waals surface area (Å²) in [5.74, 6) is 0.390. The number of rotatable bonds is 5. The molecule has 0 aromatic carbocycles. The van der Waals surface area contributed by atoms with Crippen LogP contribution in [-0.2, 0) is 4.79 Å². The zero-order valence-corrected chi connectivity index (χ0v) is 8.62. The van der Waals surface area contributed by atoms with Gasteiger partial charge in [0.05, 0.1) is 0 Å². The Morgan fingerprint density at radius 3 is 2.62 bits per heavy atom. The van der Waals surface area contributed by atoms with Crippen molar-refractivity contribution in [3.8, 4) is 0 Å². The van der Waals surface area contributed by atoms with Gasteiger partial charge in [0.1, 0.15) is 0 Å². The maximum Gasteiger partial charge on any atom is 0.225 e. The van der Waals surface area contributed by atoms with Crippen molar-refractivity contribution >= 4 is 5.91 Å². The van der Waals surface area contributed by atoms with Gasteiger partial charge in [-0.15, -0.1) is 0 Å². The van der Waals surface area contributed by atoms with E-state index in [0.717, 1.165) is 13.0 Å². The zero-order chi connectivity index (χ0) is 9.84. The Kier molecular flexibility index (Phi) is 3.72. The van der Waals surface area contributed by atoms with Crippen molar-refractivity contribution in [1.29, 1.82) is 0 Å². The van der Waals surface area contributed by atoms with E-state index in [1.165, 1.54) is 12.8 Å². The minimum absolute atomic E-state index is 0.102.